The van der Waals surface area contributed by atoms with Crippen LogP contribution in [0.15, 0.2) is 29.6 Å². The predicted molar refractivity (Wildman–Crippen MR) is 129 cm³/mol. The van der Waals surface area contributed by atoms with Crippen molar-refractivity contribution in [2.75, 3.05) is 19.6 Å². The van der Waals surface area contributed by atoms with Crippen LogP contribution >= 0.6 is 34.5 Å². The van der Waals surface area contributed by atoms with Crippen LogP contribution in [0.1, 0.15) is 54.6 Å². The summed E-state index contributed by atoms with van der Waals surface area (Å²) in [7, 11) is 0. The third kappa shape index (κ3) is 6.37. The Morgan fingerprint density at radius 2 is 1.81 bits per heavy atom. The van der Waals surface area contributed by atoms with Crippen LogP contribution in [0.25, 0.3) is 0 Å². The number of halogens is 3. The second kappa shape index (κ2) is 11.2. The zero-order valence-corrected chi connectivity index (χ0v) is 20.3. The minimum Gasteiger partial charge on any atom is -0.487 e. The normalized spacial score (nSPS) is 22.6. The van der Waals surface area contributed by atoms with Crippen LogP contribution in [0.4, 0.5) is 4.39 Å². The number of nitrogens with zero attached hydrogens (tertiary/aromatic N) is 1. The Labute approximate surface area is 203 Å². The van der Waals surface area contributed by atoms with Crippen molar-refractivity contribution in [2.45, 2.75) is 57.1 Å². The van der Waals surface area contributed by atoms with E-state index in [0.717, 1.165) is 56.1 Å². The third-order valence-electron chi connectivity index (χ3n) is 6.56. The summed E-state index contributed by atoms with van der Waals surface area (Å²) in [4.78, 5) is 15.5. The van der Waals surface area contributed by atoms with Gasteiger partial charge in [-0.1, -0.05) is 29.3 Å². The summed E-state index contributed by atoms with van der Waals surface area (Å²) < 4.78 is 19.4. The van der Waals surface area contributed by atoms with Gasteiger partial charge < -0.3 is 15.0 Å². The van der Waals surface area contributed by atoms with E-state index in [2.05, 4.69) is 10.2 Å². The molecular formula is C24H29Cl2FN2O2S. The number of likely N-dealkylation sites (tertiary alicyclic amines) is 1. The highest BCUT2D eigenvalue weighted by Crippen LogP contribution is 2.36. The quantitative estimate of drug-likeness (QED) is 0.478. The van der Waals surface area contributed by atoms with E-state index in [1.54, 1.807) is 0 Å². The molecule has 32 heavy (non-hydrogen) atoms. The van der Waals surface area contributed by atoms with Gasteiger partial charge in [0.15, 0.2) is 5.75 Å². The molecular weight excluding hydrogens is 470 g/mol. The van der Waals surface area contributed by atoms with Crippen molar-refractivity contribution in [3.05, 3.63) is 50.4 Å². The number of nitrogens with one attached hydrogen (secondary N) is 1. The first kappa shape index (κ1) is 23.8. The molecule has 1 N–H and O–H groups in total. The fourth-order valence-corrected chi connectivity index (χ4v) is 5.86. The van der Waals surface area contributed by atoms with E-state index in [-0.39, 0.29) is 22.1 Å². The maximum absolute atomic E-state index is 13.4. The van der Waals surface area contributed by atoms with E-state index in [0.29, 0.717) is 11.8 Å². The molecule has 2 heterocycles. The number of thiophene rings is 1. The molecule has 1 saturated carbocycles. The number of piperidine rings is 1. The van der Waals surface area contributed by atoms with E-state index in [1.807, 2.05) is 17.5 Å². The molecule has 4 rings (SSSR count). The van der Waals surface area contributed by atoms with E-state index in [9.17, 15) is 9.18 Å². The van der Waals surface area contributed by atoms with Gasteiger partial charge in [-0.25, -0.2) is 4.39 Å². The highest BCUT2D eigenvalue weighted by molar-refractivity contribution is 7.12. The SMILES string of the molecule is O=C(N[C@H]1CC[C@H](CCN2CCC(Oc3c(Cl)cc(F)cc3Cl)CC2)CC1)c1cccs1. The predicted octanol–water partition coefficient (Wildman–Crippen LogP) is 6.42. The number of amides is 1. The number of carbonyl (C=O) groups is 1. The Morgan fingerprint density at radius 1 is 1.12 bits per heavy atom. The van der Waals surface area contributed by atoms with Gasteiger partial charge >= 0.3 is 0 Å². The Kier molecular flexibility index (Phi) is 8.32. The van der Waals surface area contributed by atoms with Crippen molar-refractivity contribution in [3.63, 3.8) is 0 Å². The van der Waals surface area contributed by atoms with Gasteiger partial charge in [-0.2, -0.15) is 0 Å². The van der Waals surface area contributed by atoms with E-state index in [1.165, 1.54) is 42.7 Å². The molecule has 0 bridgehead atoms. The first-order valence-corrected chi connectivity index (χ1v) is 13.0. The number of carbonyl (C=O) groups excluding carboxylic acids is 1. The molecule has 0 spiro atoms. The third-order valence-corrected chi connectivity index (χ3v) is 7.99. The lowest BCUT2D eigenvalue weighted by atomic mass is 9.84. The van der Waals surface area contributed by atoms with Crippen LogP contribution in [0.5, 0.6) is 5.75 Å². The van der Waals surface area contributed by atoms with Gasteiger partial charge in [0, 0.05) is 19.1 Å². The Hall–Kier alpha value is -1.34. The topological polar surface area (TPSA) is 41.6 Å². The average Bonchev–Trinajstić information content (AvgIpc) is 3.32. The van der Waals surface area contributed by atoms with Crippen molar-refractivity contribution < 1.29 is 13.9 Å². The summed E-state index contributed by atoms with van der Waals surface area (Å²) >= 11 is 13.7. The smallest absolute Gasteiger partial charge is 0.261 e. The first-order chi connectivity index (χ1) is 15.5. The van der Waals surface area contributed by atoms with Crippen LogP contribution < -0.4 is 10.1 Å². The Morgan fingerprint density at radius 3 is 2.44 bits per heavy atom. The van der Waals surface area contributed by atoms with Gasteiger partial charge in [0.1, 0.15) is 11.9 Å². The Balaban J connectivity index is 1.14. The van der Waals surface area contributed by atoms with Gasteiger partial charge in [-0.05, 0) is 81.0 Å². The summed E-state index contributed by atoms with van der Waals surface area (Å²) in [6, 6.07) is 6.57. The van der Waals surface area contributed by atoms with Gasteiger partial charge in [0.2, 0.25) is 0 Å². The molecule has 0 unspecified atom stereocenters. The van der Waals surface area contributed by atoms with Gasteiger partial charge in [0.25, 0.3) is 5.91 Å². The molecule has 1 amide bonds. The summed E-state index contributed by atoms with van der Waals surface area (Å²) in [6.45, 7) is 3.06. The molecule has 1 aliphatic carbocycles. The fraction of sp³-hybridized carbons (Fsp3) is 0.542. The van der Waals surface area contributed by atoms with Gasteiger partial charge in [0.05, 0.1) is 14.9 Å². The van der Waals surface area contributed by atoms with Crippen LogP contribution in [0, 0.1) is 11.7 Å². The minimum absolute atomic E-state index is 0.0501. The number of benzene rings is 1. The molecule has 174 valence electrons. The summed E-state index contributed by atoms with van der Waals surface area (Å²) in [6.07, 6.45) is 7.55. The van der Waals surface area contributed by atoms with Gasteiger partial charge in [-0.3, -0.25) is 4.79 Å². The number of hydrogen-bond acceptors (Lipinski definition) is 4. The van der Waals surface area contributed by atoms with Crippen molar-refractivity contribution >= 4 is 40.4 Å². The lowest BCUT2D eigenvalue weighted by Crippen LogP contribution is -2.40. The zero-order chi connectivity index (χ0) is 22.5. The molecule has 8 heteroatoms. The van der Waals surface area contributed by atoms with Crippen LogP contribution in [-0.4, -0.2) is 42.6 Å². The zero-order valence-electron chi connectivity index (χ0n) is 18.0. The second-order valence-electron chi connectivity index (χ2n) is 8.81. The minimum atomic E-state index is -0.457. The highest BCUT2D eigenvalue weighted by Gasteiger charge is 2.26. The largest absolute Gasteiger partial charge is 0.487 e. The molecule has 2 aliphatic rings. The van der Waals surface area contributed by atoms with E-state index < -0.39 is 5.82 Å². The number of rotatable bonds is 7. The van der Waals surface area contributed by atoms with Crippen LogP contribution in [-0.2, 0) is 0 Å². The summed E-state index contributed by atoms with van der Waals surface area (Å²) in [5.74, 6) is 0.727. The monoisotopic (exact) mass is 498 g/mol. The first-order valence-electron chi connectivity index (χ1n) is 11.4. The Bertz CT molecular complexity index is 872. The standard InChI is InChI=1S/C24H29Cl2FN2O2S/c25-20-14-17(27)15-21(26)23(20)31-19-8-11-29(12-9-19)10-7-16-3-5-18(6-4-16)28-24(30)22-2-1-13-32-22/h1-2,13-16,18-19H,3-12H2,(H,28,30)/t16-,18-. The van der Waals surface area contributed by atoms with Gasteiger partial charge in [-0.15, -0.1) is 11.3 Å². The van der Waals surface area contributed by atoms with Crippen molar-refractivity contribution in [3.8, 4) is 5.75 Å². The molecule has 2 fully saturated rings. The molecule has 0 atom stereocenters. The maximum atomic E-state index is 13.4. The molecule has 2 aromatic rings. The summed E-state index contributed by atoms with van der Waals surface area (Å²) in [5, 5.41) is 5.57. The fourth-order valence-electron chi connectivity index (χ4n) is 4.68. The van der Waals surface area contributed by atoms with Crippen LogP contribution in [0.2, 0.25) is 10.0 Å². The highest BCUT2D eigenvalue weighted by atomic mass is 35.5. The molecule has 1 aromatic heterocycles. The molecule has 4 nitrogen and oxygen atoms in total. The van der Waals surface area contributed by atoms with Crippen LogP contribution in [0.3, 0.4) is 0 Å². The molecule has 0 radical (unpaired) electrons. The van der Waals surface area contributed by atoms with E-state index in [4.69, 9.17) is 27.9 Å². The maximum Gasteiger partial charge on any atom is 0.261 e. The van der Waals surface area contributed by atoms with Crippen molar-refractivity contribution in [1.29, 1.82) is 0 Å². The van der Waals surface area contributed by atoms with Crippen molar-refractivity contribution in [1.82, 2.24) is 10.2 Å². The van der Waals surface area contributed by atoms with E-state index >= 15 is 0 Å². The van der Waals surface area contributed by atoms with Crippen molar-refractivity contribution in [2.24, 2.45) is 5.92 Å². The average molecular weight is 499 g/mol. The second-order valence-corrected chi connectivity index (χ2v) is 10.6. The number of ether oxygens (including phenoxy) is 1. The lowest BCUT2D eigenvalue weighted by Gasteiger charge is -2.34. The molecule has 1 saturated heterocycles. The lowest BCUT2D eigenvalue weighted by molar-refractivity contribution is 0.0901. The molecule has 1 aliphatic heterocycles. The number of hydrogen-bond donors (Lipinski definition) is 1. The summed E-state index contributed by atoms with van der Waals surface area (Å²) in [5.41, 5.74) is 0. The molecule has 1 aromatic carbocycles.